The molecule has 2 N–H and O–H groups in total. The van der Waals surface area contributed by atoms with E-state index in [-0.39, 0.29) is 12.5 Å². The summed E-state index contributed by atoms with van der Waals surface area (Å²) in [6.45, 7) is 2.22. The summed E-state index contributed by atoms with van der Waals surface area (Å²) in [5.74, 6) is -0.282. The van der Waals surface area contributed by atoms with Gasteiger partial charge in [-0.15, -0.1) is 0 Å². The Morgan fingerprint density at radius 2 is 1.97 bits per heavy atom. The largest absolute Gasteiger partial charge is 0.481 e. The fraction of sp³-hybridized carbons (Fsp3) is 0.190. The van der Waals surface area contributed by atoms with E-state index in [1.54, 1.807) is 36.5 Å². The van der Waals surface area contributed by atoms with Crippen molar-refractivity contribution in [1.29, 1.82) is 0 Å². The highest BCUT2D eigenvalue weighted by molar-refractivity contribution is 6.35. The lowest BCUT2D eigenvalue weighted by molar-refractivity contribution is -0.118. The summed E-state index contributed by atoms with van der Waals surface area (Å²) in [6.07, 6.45) is 2.43. The molecule has 150 valence electrons. The fourth-order valence-electron chi connectivity index (χ4n) is 2.71. The molecule has 0 aliphatic heterocycles. The molecule has 0 atom stereocenters. The van der Waals surface area contributed by atoms with Crippen LogP contribution in [-0.2, 0) is 4.79 Å². The minimum absolute atomic E-state index is 0.268. The summed E-state index contributed by atoms with van der Waals surface area (Å²) in [4.78, 5) is 29.0. The normalized spacial score (nSPS) is 10.6. The van der Waals surface area contributed by atoms with Gasteiger partial charge in [-0.25, -0.2) is 0 Å². The lowest BCUT2D eigenvalue weighted by Gasteiger charge is -2.13. The van der Waals surface area contributed by atoms with Crippen molar-refractivity contribution in [3.63, 3.8) is 0 Å². The molecule has 0 radical (unpaired) electrons. The van der Waals surface area contributed by atoms with Gasteiger partial charge in [0.2, 0.25) is 0 Å². The Kier molecular flexibility index (Phi) is 6.90. The van der Waals surface area contributed by atoms with Crippen molar-refractivity contribution in [2.24, 2.45) is 0 Å². The van der Waals surface area contributed by atoms with Crippen LogP contribution in [-0.4, -0.2) is 29.9 Å². The van der Waals surface area contributed by atoms with Gasteiger partial charge in [-0.2, -0.15) is 0 Å². The van der Waals surface area contributed by atoms with Crippen LogP contribution in [0, 0.1) is 0 Å². The molecule has 0 aliphatic carbocycles. The summed E-state index contributed by atoms with van der Waals surface area (Å²) in [6, 6.07) is 11.6. The highest BCUT2D eigenvalue weighted by atomic mass is 35.5. The number of carbonyl (C=O) groups excluding carboxylic acids is 2. The van der Waals surface area contributed by atoms with Gasteiger partial charge < -0.3 is 15.4 Å². The standard InChI is InChI=1S/C21H19Cl2N3O3/c1-2-9-25-21(28)15-6-5-13(22)11-17(15)26-19(27)12-29-18-8-7-16(23)14-4-3-10-24-20(14)18/h3-8,10-11H,2,9,12H2,1H3,(H,25,28)(H,26,27). The third-order valence-corrected chi connectivity index (χ3v) is 4.64. The van der Waals surface area contributed by atoms with Gasteiger partial charge in [-0.3, -0.25) is 14.6 Å². The summed E-state index contributed by atoms with van der Waals surface area (Å²) in [5, 5.41) is 7.15. The highest BCUT2D eigenvalue weighted by Crippen LogP contribution is 2.29. The van der Waals surface area contributed by atoms with Crippen LogP contribution < -0.4 is 15.4 Å². The summed E-state index contributed by atoms with van der Waals surface area (Å²) >= 11 is 12.2. The first kappa shape index (κ1) is 20.9. The number of ether oxygens (including phenoxy) is 1. The first-order chi connectivity index (χ1) is 14.0. The Morgan fingerprint density at radius 1 is 1.14 bits per heavy atom. The van der Waals surface area contributed by atoms with Crippen LogP contribution in [0.1, 0.15) is 23.7 Å². The molecule has 0 fully saturated rings. The Labute approximate surface area is 178 Å². The SMILES string of the molecule is CCCNC(=O)c1ccc(Cl)cc1NC(=O)COc1ccc(Cl)c2cccnc12. The number of hydrogen-bond donors (Lipinski definition) is 2. The minimum Gasteiger partial charge on any atom is -0.481 e. The van der Waals surface area contributed by atoms with Crippen molar-refractivity contribution in [3.05, 3.63) is 64.3 Å². The molecule has 2 amide bonds. The molecule has 29 heavy (non-hydrogen) atoms. The maximum atomic E-state index is 12.4. The molecule has 0 saturated heterocycles. The van der Waals surface area contributed by atoms with E-state index in [0.717, 1.165) is 11.8 Å². The predicted octanol–water partition coefficient (Wildman–Crippen LogP) is 4.70. The number of rotatable bonds is 7. The van der Waals surface area contributed by atoms with Crippen molar-refractivity contribution in [2.75, 3.05) is 18.5 Å². The van der Waals surface area contributed by atoms with Gasteiger partial charge >= 0.3 is 0 Å². The number of nitrogens with zero attached hydrogens (tertiary/aromatic N) is 1. The third-order valence-electron chi connectivity index (χ3n) is 4.07. The van der Waals surface area contributed by atoms with Crippen molar-refractivity contribution in [2.45, 2.75) is 13.3 Å². The number of hydrogen-bond acceptors (Lipinski definition) is 4. The van der Waals surface area contributed by atoms with Crippen LogP contribution >= 0.6 is 23.2 Å². The molecular formula is C21H19Cl2N3O3. The van der Waals surface area contributed by atoms with Gasteiger partial charge in [0.25, 0.3) is 11.8 Å². The van der Waals surface area contributed by atoms with Crippen LogP contribution in [0.25, 0.3) is 10.9 Å². The molecule has 2 aromatic carbocycles. The second-order valence-corrected chi connectivity index (χ2v) is 7.07. The predicted molar refractivity (Wildman–Crippen MR) is 115 cm³/mol. The number of benzene rings is 2. The fourth-order valence-corrected chi connectivity index (χ4v) is 3.10. The zero-order valence-corrected chi connectivity index (χ0v) is 17.2. The quantitative estimate of drug-likeness (QED) is 0.567. The number of halogens is 2. The molecule has 1 aromatic heterocycles. The van der Waals surface area contributed by atoms with E-state index < -0.39 is 5.91 Å². The van der Waals surface area contributed by atoms with Gasteiger partial charge in [0, 0.05) is 23.2 Å². The average molecular weight is 432 g/mol. The van der Waals surface area contributed by atoms with Crippen LogP contribution in [0.4, 0.5) is 5.69 Å². The van der Waals surface area contributed by atoms with Gasteiger partial charge in [0.15, 0.2) is 6.61 Å². The van der Waals surface area contributed by atoms with E-state index in [9.17, 15) is 9.59 Å². The van der Waals surface area contributed by atoms with E-state index >= 15 is 0 Å². The molecule has 1 heterocycles. The maximum absolute atomic E-state index is 12.4. The molecular weight excluding hydrogens is 413 g/mol. The molecule has 6 nitrogen and oxygen atoms in total. The van der Waals surface area contributed by atoms with Crippen molar-refractivity contribution in [3.8, 4) is 5.75 Å². The van der Waals surface area contributed by atoms with E-state index in [1.165, 1.54) is 6.07 Å². The summed E-state index contributed by atoms with van der Waals surface area (Å²) in [7, 11) is 0. The molecule has 3 aromatic rings. The number of aromatic nitrogens is 1. The topological polar surface area (TPSA) is 80.3 Å². The lowest BCUT2D eigenvalue weighted by Crippen LogP contribution is -2.27. The highest BCUT2D eigenvalue weighted by Gasteiger charge is 2.15. The minimum atomic E-state index is -0.434. The number of nitrogens with one attached hydrogen (secondary N) is 2. The first-order valence-electron chi connectivity index (χ1n) is 9.03. The Morgan fingerprint density at radius 3 is 2.76 bits per heavy atom. The van der Waals surface area contributed by atoms with Crippen molar-refractivity contribution >= 4 is 51.6 Å². The van der Waals surface area contributed by atoms with Crippen LogP contribution in [0.5, 0.6) is 5.75 Å². The zero-order chi connectivity index (χ0) is 20.8. The molecule has 0 aliphatic rings. The third kappa shape index (κ3) is 5.16. The van der Waals surface area contributed by atoms with Crippen molar-refractivity contribution < 1.29 is 14.3 Å². The molecule has 0 bridgehead atoms. The number of carbonyl (C=O) groups is 2. The Bertz CT molecular complexity index is 1060. The monoisotopic (exact) mass is 431 g/mol. The molecule has 3 rings (SSSR count). The van der Waals surface area contributed by atoms with E-state index in [0.29, 0.717) is 39.1 Å². The molecule has 0 spiro atoms. The molecule has 0 unspecified atom stereocenters. The number of amides is 2. The van der Waals surface area contributed by atoms with Gasteiger partial charge in [-0.05, 0) is 48.9 Å². The smallest absolute Gasteiger partial charge is 0.262 e. The summed E-state index contributed by atoms with van der Waals surface area (Å²) in [5.41, 5.74) is 1.21. The Balaban J connectivity index is 1.73. The number of anilines is 1. The van der Waals surface area contributed by atoms with E-state index in [1.807, 2.05) is 13.0 Å². The van der Waals surface area contributed by atoms with Crippen LogP contribution in [0.15, 0.2) is 48.7 Å². The second-order valence-electron chi connectivity index (χ2n) is 6.23. The van der Waals surface area contributed by atoms with Gasteiger partial charge in [0.05, 0.1) is 16.3 Å². The Hall–Kier alpha value is -2.83. The van der Waals surface area contributed by atoms with Crippen LogP contribution in [0.3, 0.4) is 0 Å². The van der Waals surface area contributed by atoms with Gasteiger partial charge in [-0.1, -0.05) is 30.1 Å². The van der Waals surface area contributed by atoms with Gasteiger partial charge in [0.1, 0.15) is 11.3 Å². The zero-order valence-electron chi connectivity index (χ0n) is 15.7. The number of fused-ring (bicyclic) bond motifs is 1. The van der Waals surface area contributed by atoms with E-state index in [2.05, 4.69) is 15.6 Å². The summed E-state index contributed by atoms with van der Waals surface area (Å²) < 4.78 is 5.64. The maximum Gasteiger partial charge on any atom is 0.262 e. The molecule has 8 heteroatoms. The number of pyridine rings is 1. The first-order valence-corrected chi connectivity index (χ1v) is 9.79. The second kappa shape index (κ2) is 9.58. The van der Waals surface area contributed by atoms with E-state index in [4.69, 9.17) is 27.9 Å². The molecule has 0 saturated carbocycles. The van der Waals surface area contributed by atoms with Crippen molar-refractivity contribution in [1.82, 2.24) is 10.3 Å². The van der Waals surface area contributed by atoms with Crippen LogP contribution in [0.2, 0.25) is 10.0 Å². The average Bonchev–Trinajstić information content (AvgIpc) is 2.72. The lowest BCUT2D eigenvalue weighted by atomic mass is 10.1.